The highest BCUT2D eigenvalue weighted by atomic mass is 32.2. The van der Waals surface area contributed by atoms with Gasteiger partial charge in [-0.2, -0.15) is 16.9 Å². The number of aromatic amines is 1. The van der Waals surface area contributed by atoms with Gasteiger partial charge in [0.2, 0.25) is 0 Å². The van der Waals surface area contributed by atoms with Crippen molar-refractivity contribution in [2.75, 3.05) is 18.8 Å². The molecule has 0 spiro atoms. The van der Waals surface area contributed by atoms with Crippen molar-refractivity contribution < 1.29 is 9.18 Å². The smallest absolute Gasteiger partial charge is 0.271 e. The first-order chi connectivity index (χ1) is 13.6. The third kappa shape index (κ3) is 3.97. The van der Waals surface area contributed by atoms with Crippen molar-refractivity contribution in [3.05, 3.63) is 77.2 Å². The van der Waals surface area contributed by atoms with Gasteiger partial charge in [-0.05, 0) is 54.8 Å². The zero-order valence-electron chi connectivity index (χ0n) is 15.7. The molecule has 0 bridgehead atoms. The molecule has 1 amide bonds. The van der Waals surface area contributed by atoms with E-state index in [0.717, 1.165) is 30.8 Å². The number of nitrogens with one attached hydrogen (secondary N) is 1. The van der Waals surface area contributed by atoms with E-state index in [9.17, 15) is 9.18 Å². The van der Waals surface area contributed by atoms with Gasteiger partial charge in [0.15, 0.2) is 0 Å². The average molecular weight is 396 g/mol. The van der Waals surface area contributed by atoms with E-state index < -0.39 is 0 Å². The van der Waals surface area contributed by atoms with Crippen molar-refractivity contribution in [2.45, 2.75) is 18.6 Å². The lowest BCUT2D eigenvalue weighted by Crippen LogP contribution is -2.33. The van der Waals surface area contributed by atoms with Crippen LogP contribution in [0.2, 0.25) is 0 Å². The predicted octanol–water partition coefficient (Wildman–Crippen LogP) is 4.84. The van der Waals surface area contributed by atoms with Crippen LogP contribution in [-0.4, -0.2) is 39.8 Å². The summed E-state index contributed by atoms with van der Waals surface area (Å²) in [7, 11) is 0. The molecule has 28 heavy (non-hydrogen) atoms. The summed E-state index contributed by atoms with van der Waals surface area (Å²) in [4.78, 5) is 14.8. The van der Waals surface area contributed by atoms with E-state index in [1.165, 1.54) is 23.3 Å². The highest BCUT2D eigenvalue weighted by Crippen LogP contribution is 2.36. The van der Waals surface area contributed by atoms with Crippen LogP contribution in [0, 0.1) is 12.7 Å². The van der Waals surface area contributed by atoms with Gasteiger partial charge in [0.1, 0.15) is 11.5 Å². The van der Waals surface area contributed by atoms with Crippen LogP contribution < -0.4 is 0 Å². The molecule has 2 heterocycles. The van der Waals surface area contributed by atoms with Crippen LogP contribution in [0.1, 0.15) is 33.3 Å². The van der Waals surface area contributed by atoms with Crippen molar-refractivity contribution >= 4 is 17.7 Å². The molecule has 4 nitrogen and oxygen atoms in total. The normalized spacial score (nSPS) is 17.4. The summed E-state index contributed by atoms with van der Waals surface area (Å²) in [5.74, 6) is 0.580. The first-order valence-electron chi connectivity index (χ1n) is 9.39. The largest absolute Gasteiger partial charge is 0.336 e. The molecule has 1 aromatic heterocycles. The third-order valence-electron chi connectivity index (χ3n) is 5.11. The molecule has 0 unspecified atom stereocenters. The van der Waals surface area contributed by atoms with Crippen LogP contribution in [-0.2, 0) is 0 Å². The van der Waals surface area contributed by atoms with E-state index in [-0.39, 0.29) is 11.7 Å². The van der Waals surface area contributed by atoms with Crippen molar-refractivity contribution in [3.8, 4) is 11.3 Å². The average Bonchev–Trinajstić information content (AvgIpc) is 3.07. The Kier molecular flexibility index (Phi) is 5.48. The second kappa shape index (κ2) is 8.19. The zero-order chi connectivity index (χ0) is 19.5. The number of nitrogens with zero attached hydrogens (tertiary/aromatic N) is 2. The molecule has 3 aromatic rings. The fourth-order valence-corrected chi connectivity index (χ4v) is 4.87. The second-order valence-corrected chi connectivity index (χ2v) is 8.28. The summed E-state index contributed by atoms with van der Waals surface area (Å²) in [5, 5.41) is 7.49. The number of carbonyl (C=O) groups excluding carboxylic acids is 1. The van der Waals surface area contributed by atoms with E-state index in [0.29, 0.717) is 16.6 Å². The molecule has 2 aromatic carbocycles. The number of amides is 1. The first kappa shape index (κ1) is 18.7. The molecule has 1 fully saturated rings. The van der Waals surface area contributed by atoms with Crippen LogP contribution in [0.15, 0.2) is 54.6 Å². The SMILES string of the molecule is Cc1ccccc1[C@H]1CCN(C(=O)c2cc(-c3ccc(F)cc3)n[nH]2)CCS1. The van der Waals surface area contributed by atoms with Gasteiger partial charge in [0.25, 0.3) is 5.91 Å². The highest BCUT2D eigenvalue weighted by Gasteiger charge is 2.24. The van der Waals surface area contributed by atoms with E-state index in [1.54, 1.807) is 18.2 Å². The lowest BCUT2D eigenvalue weighted by molar-refractivity contribution is 0.0760. The number of hydrogen-bond acceptors (Lipinski definition) is 3. The number of thioether (sulfide) groups is 1. The van der Waals surface area contributed by atoms with Crippen LogP contribution in [0.4, 0.5) is 4.39 Å². The number of halogens is 1. The Labute approximate surface area is 168 Å². The Morgan fingerprint density at radius 3 is 2.75 bits per heavy atom. The molecule has 0 aliphatic carbocycles. The Morgan fingerprint density at radius 1 is 1.18 bits per heavy atom. The molecule has 144 valence electrons. The minimum atomic E-state index is -0.291. The molecule has 0 saturated carbocycles. The van der Waals surface area contributed by atoms with Gasteiger partial charge in [-0.1, -0.05) is 24.3 Å². The molecule has 0 radical (unpaired) electrons. The van der Waals surface area contributed by atoms with E-state index in [2.05, 4.69) is 41.4 Å². The summed E-state index contributed by atoms with van der Waals surface area (Å²) in [6, 6.07) is 16.3. The van der Waals surface area contributed by atoms with Crippen LogP contribution in [0.5, 0.6) is 0 Å². The Bertz CT molecular complexity index is 970. The van der Waals surface area contributed by atoms with E-state index in [1.807, 2.05) is 16.7 Å². The molecule has 6 heteroatoms. The standard InChI is InChI=1S/C22H22FN3OS/c1-15-4-2-3-5-18(15)21-10-11-26(12-13-28-21)22(27)20-14-19(24-25-20)16-6-8-17(23)9-7-16/h2-9,14,21H,10-13H2,1H3,(H,24,25)/t21-/m1/s1. The maximum Gasteiger partial charge on any atom is 0.271 e. The number of aryl methyl sites for hydroxylation is 1. The summed E-state index contributed by atoms with van der Waals surface area (Å²) in [6.07, 6.45) is 0.931. The van der Waals surface area contributed by atoms with Gasteiger partial charge in [-0.3, -0.25) is 9.89 Å². The molecular formula is C22H22FN3OS. The van der Waals surface area contributed by atoms with Crippen molar-refractivity contribution in [1.82, 2.24) is 15.1 Å². The van der Waals surface area contributed by atoms with E-state index in [4.69, 9.17) is 0 Å². The molecule has 1 aliphatic heterocycles. The van der Waals surface area contributed by atoms with Gasteiger partial charge in [0, 0.05) is 29.7 Å². The number of H-pyrrole nitrogens is 1. The Morgan fingerprint density at radius 2 is 1.96 bits per heavy atom. The number of benzene rings is 2. The van der Waals surface area contributed by atoms with Crippen LogP contribution in [0.3, 0.4) is 0 Å². The van der Waals surface area contributed by atoms with E-state index >= 15 is 0 Å². The lowest BCUT2D eigenvalue weighted by atomic mass is 10.0. The topological polar surface area (TPSA) is 49.0 Å². The molecular weight excluding hydrogens is 373 g/mol. The fraction of sp³-hybridized carbons (Fsp3) is 0.273. The van der Waals surface area contributed by atoms with Gasteiger partial charge in [-0.25, -0.2) is 4.39 Å². The van der Waals surface area contributed by atoms with Crippen molar-refractivity contribution in [3.63, 3.8) is 0 Å². The number of aromatic nitrogens is 2. The minimum absolute atomic E-state index is 0.0353. The summed E-state index contributed by atoms with van der Waals surface area (Å²) in [5.41, 5.74) is 4.56. The van der Waals surface area contributed by atoms with Gasteiger partial charge in [0.05, 0.1) is 5.69 Å². The van der Waals surface area contributed by atoms with Crippen LogP contribution in [0.25, 0.3) is 11.3 Å². The summed E-state index contributed by atoms with van der Waals surface area (Å²) >= 11 is 1.92. The number of hydrogen-bond donors (Lipinski definition) is 1. The maximum atomic E-state index is 13.1. The fourth-order valence-electron chi connectivity index (χ4n) is 3.54. The molecule has 1 N–H and O–H groups in total. The predicted molar refractivity (Wildman–Crippen MR) is 111 cm³/mol. The summed E-state index contributed by atoms with van der Waals surface area (Å²) < 4.78 is 13.1. The van der Waals surface area contributed by atoms with Gasteiger partial charge in [-0.15, -0.1) is 0 Å². The highest BCUT2D eigenvalue weighted by molar-refractivity contribution is 7.99. The Hall–Kier alpha value is -2.60. The zero-order valence-corrected chi connectivity index (χ0v) is 16.5. The van der Waals surface area contributed by atoms with Crippen molar-refractivity contribution in [1.29, 1.82) is 0 Å². The minimum Gasteiger partial charge on any atom is -0.336 e. The molecule has 1 atom stereocenters. The lowest BCUT2D eigenvalue weighted by Gasteiger charge is -2.19. The second-order valence-electron chi connectivity index (χ2n) is 6.97. The Balaban J connectivity index is 1.46. The molecule has 1 saturated heterocycles. The summed E-state index contributed by atoms with van der Waals surface area (Å²) in [6.45, 7) is 3.58. The van der Waals surface area contributed by atoms with Crippen molar-refractivity contribution in [2.24, 2.45) is 0 Å². The number of rotatable bonds is 3. The quantitative estimate of drug-likeness (QED) is 0.690. The van der Waals surface area contributed by atoms with Gasteiger partial charge >= 0.3 is 0 Å². The van der Waals surface area contributed by atoms with Gasteiger partial charge < -0.3 is 4.90 Å². The monoisotopic (exact) mass is 395 g/mol. The maximum absolute atomic E-state index is 13.1. The number of carbonyl (C=O) groups is 1. The van der Waals surface area contributed by atoms with Crippen LogP contribution >= 0.6 is 11.8 Å². The molecule has 1 aliphatic rings. The third-order valence-corrected chi connectivity index (χ3v) is 6.42. The first-order valence-corrected chi connectivity index (χ1v) is 10.4. The molecule has 4 rings (SSSR count).